The van der Waals surface area contributed by atoms with Crippen LogP contribution in [0.2, 0.25) is 0 Å². The van der Waals surface area contributed by atoms with Gasteiger partial charge in [0.15, 0.2) is 11.5 Å². The van der Waals surface area contributed by atoms with Gasteiger partial charge in [-0.25, -0.2) is 4.79 Å². The van der Waals surface area contributed by atoms with Crippen LogP contribution in [0.5, 0.6) is 11.5 Å². The largest absolute Gasteiger partial charge is 0.481 e. The molecule has 1 aliphatic rings. The Hall–Kier alpha value is -2.44. The first-order chi connectivity index (χ1) is 9.38. The molecule has 0 saturated carbocycles. The highest BCUT2D eigenvalue weighted by Crippen LogP contribution is 2.34. The van der Waals surface area contributed by atoms with E-state index in [2.05, 4.69) is 10.6 Å². The van der Waals surface area contributed by atoms with E-state index >= 15 is 0 Å². The van der Waals surface area contributed by atoms with Crippen LogP contribution in [0, 0.1) is 5.41 Å². The maximum absolute atomic E-state index is 11.7. The summed E-state index contributed by atoms with van der Waals surface area (Å²) in [6, 6.07) is 4.54. The highest BCUT2D eigenvalue weighted by molar-refractivity contribution is 5.90. The van der Waals surface area contributed by atoms with Crippen molar-refractivity contribution < 1.29 is 24.2 Å². The number of aliphatic carboxylic acids is 1. The molecule has 7 heteroatoms. The molecule has 3 N–H and O–H groups in total. The molecular weight excluding hydrogens is 264 g/mol. The fourth-order valence-electron chi connectivity index (χ4n) is 1.53. The Balaban J connectivity index is 1.90. The van der Waals surface area contributed by atoms with Crippen molar-refractivity contribution in [1.82, 2.24) is 5.32 Å². The molecule has 0 fully saturated rings. The van der Waals surface area contributed by atoms with E-state index in [0.717, 1.165) is 0 Å². The van der Waals surface area contributed by atoms with Crippen LogP contribution in [0.4, 0.5) is 10.5 Å². The number of nitrogens with one attached hydrogen (secondary N) is 2. The number of carbonyl (C=O) groups is 2. The molecule has 1 heterocycles. The maximum atomic E-state index is 11.7. The zero-order chi connectivity index (χ0) is 14.8. The number of carboxylic acids is 1. The van der Waals surface area contributed by atoms with Crippen LogP contribution in [0.1, 0.15) is 13.8 Å². The highest BCUT2D eigenvalue weighted by Gasteiger charge is 2.27. The molecule has 7 nitrogen and oxygen atoms in total. The number of amides is 2. The van der Waals surface area contributed by atoms with Crippen LogP contribution in [0.15, 0.2) is 18.2 Å². The van der Waals surface area contributed by atoms with Gasteiger partial charge in [0.25, 0.3) is 0 Å². The average molecular weight is 280 g/mol. The Kier molecular flexibility index (Phi) is 3.69. The smallest absolute Gasteiger partial charge is 0.319 e. The summed E-state index contributed by atoms with van der Waals surface area (Å²) in [4.78, 5) is 22.6. The van der Waals surface area contributed by atoms with Crippen LogP contribution < -0.4 is 20.1 Å². The summed E-state index contributed by atoms with van der Waals surface area (Å²) in [5.74, 6) is 0.220. The number of rotatable bonds is 4. The minimum Gasteiger partial charge on any atom is -0.481 e. The molecular formula is C13H16N2O5. The van der Waals surface area contributed by atoms with Crippen molar-refractivity contribution >= 4 is 17.7 Å². The molecule has 1 aliphatic heterocycles. The molecule has 1 aromatic carbocycles. The number of hydrogen-bond donors (Lipinski definition) is 3. The topological polar surface area (TPSA) is 96.9 Å². The molecule has 0 atom stereocenters. The standard InChI is InChI=1S/C13H16N2O5/c1-13(2,11(16)17)6-14-12(18)15-8-3-4-9-10(5-8)20-7-19-9/h3-5H,6-7H2,1-2H3,(H,16,17)(H2,14,15,18). The molecule has 0 saturated heterocycles. The van der Waals surface area contributed by atoms with Gasteiger partial charge in [-0.15, -0.1) is 0 Å². The maximum Gasteiger partial charge on any atom is 0.319 e. The average Bonchev–Trinajstić information content (AvgIpc) is 2.83. The van der Waals surface area contributed by atoms with Crippen molar-refractivity contribution in [3.05, 3.63) is 18.2 Å². The number of ether oxygens (including phenoxy) is 2. The molecule has 0 aliphatic carbocycles. The summed E-state index contributed by atoms with van der Waals surface area (Å²) in [6.45, 7) is 3.27. The number of urea groups is 1. The third-order valence-electron chi connectivity index (χ3n) is 2.90. The lowest BCUT2D eigenvalue weighted by Gasteiger charge is -2.19. The van der Waals surface area contributed by atoms with Crippen molar-refractivity contribution in [2.75, 3.05) is 18.7 Å². The first-order valence-electron chi connectivity index (χ1n) is 6.06. The number of carboxylic acid groups (broad SMARTS) is 1. The Bertz CT molecular complexity index is 542. The van der Waals surface area contributed by atoms with E-state index in [1.807, 2.05) is 0 Å². The van der Waals surface area contributed by atoms with E-state index in [0.29, 0.717) is 17.2 Å². The monoisotopic (exact) mass is 280 g/mol. The second-order valence-electron chi connectivity index (χ2n) is 5.06. The second kappa shape index (κ2) is 5.28. The minimum atomic E-state index is -1.02. The third kappa shape index (κ3) is 3.11. The quantitative estimate of drug-likeness (QED) is 0.779. The fraction of sp³-hybridized carbons (Fsp3) is 0.385. The summed E-state index contributed by atoms with van der Waals surface area (Å²) in [5.41, 5.74) is -0.480. The van der Waals surface area contributed by atoms with E-state index < -0.39 is 17.4 Å². The first-order valence-corrected chi connectivity index (χ1v) is 6.06. The molecule has 20 heavy (non-hydrogen) atoms. The number of anilines is 1. The van der Waals surface area contributed by atoms with Crippen molar-refractivity contribution in [3.8, 4) is 11.5 Å². The number of benzene rings is 1. The minimum absolute atomic E-state index is 0.0265. The van der Waals surface area contributed by atoms with Crippen LogP contribution in [0.3, 0.4) is 0 Å². The Morgan fingerprint density at radius 2 is 2.00 bits per heavy atom. The van der Waals surface area contributed by atoms with Gasteiger partial charge in [-0.1, -0.05) is 0 Å². The van der Waals surface area contributed by atoms with Gasteiger partial charge < -0.3 is 25.2 Å². The van der Waals surface area contributed by atoms with Gasteiger partial charge in [-0.2, -0.15) is 0 Å². The van der Waals surface area contributed by atoms with E-state index in [4.69, 9.17) is 14.6 Å². The third-order valence-corrected chi connectivity index (χ3v) is 2.90. The van der Waals surface area contributed by atoms with E-state index in [1.54, 1.807) is 18.2 Å². The lowest BCUT2D eigenvalue weighted by molar-refractivity contribution is -0.146. The summed E-state index contributed by atoms with van der Waals surface area (Å²) in [7, 11) is 0. The number of hydrogen-bond acceptors (Lipinski definition) is 4. The van der Waals surface area contributed by atoms with Crippen LogP contribution in [-0.2, 0) is 4.79 Å². The lowest BCUT2D eigenvalue weighted by atomic mass is 9.94. The van der Waals surface area contributed by atoms with E-state index in [1.165, 1.54) is 13.8 Å². The summed E-state index contributed by atoms with van der Waals surface area (Å²) in [6.07, 6.45) is 0. The molecule has 0 radical (unpaired) electrons. The molecule has 2 rings (SSSR count). The molecule has 108 valence electrons. The molecule has 1 aromatic rings. The van der Waals surface area contributed by atoms with Crippen LogP contribution >= 0.6 is 0 Å². The van der Waals surface area contributed by atoms with Crippen LogP contribution in [-0.4, -0.2) is 30.4 Å². The van der Waals surface area contributed by atoms with E-state index in [-0.39, 0.29) is 13.3 Å². The van der Waals surface area contributed by atoms with Gasteiger partial charge >= 0.3 is 12.0 Å². The molecule has 0 spiro atoms. The van der Waals surface area contributed by atoms with Crippen LogP contribution in [0.25, 0.3) is 0 Å². The number of carbonyl (C=O) groups excluding carboxylic acids is 1. The van der Waals surface area contributed by atoms with Gasteiger partial charge in [-0.3, -0.25) is 4.79 Å². The van der Waals surface area contributed by atoms with Crippen molar-refractivity contribution in [2.45, 2.75) is 13.8 Å². The highest BCUT2D eigenvalue weighted by atomic mass is 16.7. The summed E-state index contributed by atoms with van der Waals surface area (Å²) >= 11 is 0. The predicted octanol–water partition coefficient (Wildman–Crippen LogP) is 1.65. The van der Waals surface area contributed by atoms with Gasteiger partial charge in [-0.05, 0) is 26.0 Å². The predicted molar refractivity (Wildman–Crippen MR) is 71.0 cm³/mol. The Morgan fingerprint density at radius 3 is 2.70 bits per heavy atom. The Labute approximate surface area is 115 Å². The zero-order valence-electron chi connectivity index (χ0n) is 11.2. The van der Waals surface area contributed by atoms with Crippen molar-refractivity contribution in [1.29, 1.82) is 0 Å². The number of fused-ring (bicyclic) bond motifs is 1. The van der Waals surface area contributed by atoms with Gasteiger partial charge in [0.2, 0.25) is 6.79 Å². The molecule has 2 amide bonds. The Morgan fingerprint density at radius 1 is 1.30 bits per heavy atom. The summed E-state index contributed by atoms with van der Waals surface area (Å²) in [5, 5.41) is 14.1. The van der Waals surface area contributed by atoms with E-state index in [9.17, 15) is 9.59 Å². The zero-order valence-corrected chi connectivity index (χ0v) is 11.2. The first kappa shape index (κ1) is 14.0. The van der Waals surface area contributed by atoms with Crippen molar-refractivity contribution in [2.24, 2.45) is 5.41 Å². The molecule has 0 aromatic heterocycles. The summed E-state index contributed by atoms with van der Waals surface area (Å²) < 4.78 is 10.4. The van der Waals surface area contributed by atoms with Gasteiger partial charge in [0.05, 0.1) is 5.41 Å². The normalized spacial score (nSPS) is 12.9. The SMILES string of the molecule is CC(C)(CNC(=O)Nc1ccc2c(c1)OCO2)C(=O)O. The fourth-order valence-corrected chi connectivity index (χ4v) is 1.53. The second-order valence-corrected chi connectivity index (χ2v) is 5.06. The lowest BCUT2D eigenvalue weighted by Crippen LogP contribution is -2.40. The van der Waals surface area contributed by atoms with Crippen molar-refractivity contribution in [3.63, 3.8) is 0 Å². The molecule has 0 unspecified atom stereocenters. The molecule has 0 bridgehead atoms. The van der Waals surface area contributed by atoms with Gasteiger partial charge in [0, 0.05) is 18.3 Å². The van der Waals surface area contributed by atoms with Gasteiger partial charge in [0.1, 0.15) is 0 Å².